The number of rotatable bonds is 4. The minimum atomic E-state index is -0.119. The molecular weight excluding hydrogens is 252 g/mol. The monoisotopic (exact) mass is 270 g/mol. The Morgan fingerprint density at radius 3 is 2.75 bits per heavy atom. The third-order valence-electron chi connectivity index (χ3n) is 3.03. The molecule has 1 amide bonds. The molecule has 0 radical (unpaired) electrons. The van der Waals surface area contributed by atoms with E-state index in [0.717, 1.165) is 11.1 Å². The summed E-state index contributed by atoms with van der Waals surface area (Å²) in [4.78, 5) is 12.1. The van der Waals surface area contributed by atoms with Crippen molar-refractivity contribution in [2.75, 3.05) is 18.2 Å². The van der Waals surface area contributed by atoms with Crippen LogP contribution < -0.4 is 15.8 Å². The van der Waals surface area contributed by atoms with E-state index in [1.165, 1.54) is 0 Å². The molecule has 0 bridgehead atoms. The Morgan fingerprint density at radius 1 is 1.25 bits per heavy atom. The highest BCUT2D eigenvalue weighted by Gasteiger charge is 2.09. The van der Waals surface area contributed by atoms with Gasteiger partial charge < -0.3 is 15.8 Å². The Labute approximate surface area is 118 Å². The highest BCUT2D eigenvalue weighted by Crippen LogP contribution is 2.21. The number of aryl methyl sites for hydroxylation is 1. The number of hydrogen-bond donors (Lipinski definition) is 2. The van der Waals surface area contributed by atoms with Crippen LogP contribution in [0.15, 0.2) is 42.5 Å². The van der Waals surface area contributed by atoms with E-state index >= 15 is 0 Å². The Balaban J connectivity index is 2.11. The van der Waals surface area contributed by atoms with Gasteiger partial charge in [0.05, 0.1) is 24.9 Å². The lowest BCUT2D eigenvalue weighted by Crippen LogP contribution is -2.16. The molecule has 2 aromatic carbocycles. The van der Waals surface area contributed by atoms with Gasteiger partial charge in [0.25, 0.3) is 0 Å². The van der Waals surface area contributed by atoms with E-state index < -0.39 is 0 Å². The van der Waals surface area contributed by atoms with Crippen LogP contribution in [0.4, 0.5) is 11.4 Å². The fraction of sp³-hybridized carbons (Fsp3) is 0.188. The SMILES string of the molecule is COc1ccccc1CC(=O)Nc1cc(C)ccc1N. The number of hydrogen-bond acceptors (Lipinski definition) is 3. The van der Waals surface area contributed by atoms with Gasteiger partial charge in [0, 0.05) is 5.56 Å². The summed E-state index contributed by atoms with van der Waals surface area (Å²) in [5.41, 5.74) is 8.94. The molecule has 20 heavy (non-hydrogen) atoms. The standard InChI is InChI=1S/C16H18N2O2/c1-11-7-8-13(17)14(9-11)18-16(19)10-12-5-3-4-6-15(12)20-2/h3-9H,10,17H2,1-2H3,(H,18,19). The van der Waals surface area contributed by atoms with Crippen molar-refractivity contribution in [2.24, 2.45) is 0 Å². The predicted octanol–water partition coefficient (Wildman–Crippen LogP) is 2.77. The van der Waals surface area contributed by atoms with Gasteiger partial charge >= 0.3 is 0 Å². The molecule has 0 heterocycles. The highest BCUT2D eigenvalue weighted by molar-refractivity contribution is 5.95. The number of benzene rings is 2. The summed E-state index contributed by atoms with van der Waals surface area (Å²) < 4.78 is 5.23. The molecule has 2 aromatic rings. The second-order valence-corrected chi connectivity index (χ2v) is 4.63. The summed E-state index contributed by atoms with van der Waals surface area (Å²) in [5, 5.41) is 2.83. The van der Waals surface area contributed by atoms with Crippen molar-refractivity contribution in [3.05, 3.63) is 53.6 Å². The number of nitrogen functional groups attached to an aromatic ring is 1. The van der Waals surface area contributed by atoms with E-state index in [-0.39, 0.29) is 12.3 Å². The fourth-order valence-corrected chi connectivity index (χ4v) is 1.99. The van der Waals surface area contributed by atoms with Crippen molar-refractivity contribution in [1.29, 1.82) is 0 Å². The Morgan fingerprint density at radius 2 is 2.00 bits per heavy atom. The molecular formula is C16H18N2O2. The van der Waals surface area contributed by atoms with E-state index in [0.29, 0.717) is 17.1 Å². The lowest BCUT2D eigenvalue weighted by Gasteiger charge is -2.11. The summed E-state index contributed by atoms with van der Waals surface area (Å²) in [6.07, 6.45) is 0.247. The second-order valence-electron chi connectivity index (χ2n) is 4.63. The maximum Gasteiger partial charge on any atom is 0.228 e. The summed E-state index contributed by atoms with van der Waals surface area (Å²) in [6, 6.07) is 13.0. The van der Waals surface area contributed by atoms with Crippen molar-refractivity contribution in [3.8, 4) is 5.75 Å². The summed E-state index contributed by atoms with van der Waals surface area (Å²) in [7, 11) is 1.59. The quantitative estimate of drug-likeness (QED) is 0.840. The minimum absolute atomic E-state index is 0.119. The Kier molecular flexibility index (Phi) is 4.25. The number of ether oxygens (including phenoxy) is 1. The van der Waals surface area contributed by atoms with E-state index in [1.54, 1.807) is 13.2 Å². The summed E-state index contributed by atoms with van der Waals surface area (Å²) in [5.74, 6) is 0.590. The van der Waals surface area contributed by atoms with Crippen LogP contribution in [0.3, 0.4) is 0 Å². The normalized spacial score (nSPS) is 10.1. The fourth-order valence-electron chi connectivity index (χ4n) is 1.99. The second kappa shape index (κ2) is 6.10. The third kappa shape index (κ3) is 3.29. The molecule has 0 saturated carbocycles. The molecule has 0 aliphatic carbocycles. The van der Waals surface area contributed by atoms with Gasteiger partial charge in [0.1, 0.15) is 5.75 Å². The molecule has 3 N–H and O–H groups in total. The zero-order valence-corrected chi connectivity index (χ0v) is 11.6. The number of carbonyl (C=O) groups is 1. The van der Waals surface area contributed by atoms with E-state index in [2.05, 4.69) is 5.32 Å². The summed E-state index contributed by atoms with van der Waals surface area (Å²) >= 11 is 0. The molecule has 0 aliphatic heterocycles. The number of para-hydroxylation sites is 1. The lowest BCUT2D eigenvalue weighted by molar-refractivity contribution is -0.115. The van der Waals surface area contributed by atoms with Crippen molar-refractivity contribution >= 4 is 17.3 Å². The van der Waals surface area contributed by atoms with Gasteiger partial charge in [-0.05, 0) is 30.7 Å². The van der Waals surface area contributed by atoms with Crippen LogP contribution in [0, 0.1) is 6.92 Å². The first kappa shape index (κ1) is 13.9. The maximum absolute atomic E-state index is 12.1. The number of nitrogens with one attached hydrogen (secondary N) is 1. The molecule has 0 spiro atoms. The van der Waals surface area contributed by atoms with Crippen LogP contribution in [0.2, 0.25) is 0 Å². The minimum Gasteiger partial charge on any atom is -0.496 e. The van der Waals surface area contributed by atoms with Crippen LogP contribution in [-0.4, -0.2) is 13.0 Å². The topological polar surface area (TPSA) is 64.3 Å². The molecule has 0 aromatic heterocycles. The van der Waals surface area contributed by atoms with Crippen LogP contribution >= 0.6 is 0 Å². The number of anilines is 2. The van der Waals surface area contributed by atoms with Gasteiger partial charge in [-0.25, -0.2) is 0 Å². The average Bonchev–Trinajstić information content (AvgIpc) is 2.43. The first-order valence-electron chi connectivity index (χ1n) is 6.38. The molecule has 2 rings (SSSR count). The first-order chi connectivity index (χ1) is 9.60. The zero-order chi connectivity index (χ0) is 14.5. The number of carbonyl (C=O) groups excluding carboxylic acids is 1. The summed E-state index contributed by atoms with van der Waals surface area (Å²) in [6.45, 7) is 1.95. The molecule has 0 unspecified atom stereocenters. The third-order valence-corrected chi connectivity index (χ3v) is 3.03. The van der Waals surface area contributed by atoms with Crippen LogP contribution in [0.1, 0.15) is 11.1 Å². The number of amides is 1. The number of methoxy groups -OCH3 is 1. The van der Waals surface area contributed by atoms with Crippen LogP contribution in [0.25, 0.3) is 0 Å². The van der Waals surface area contributed by atoms with Crippen molar-refractivity contribution < 1.29 is 9.53 Å². The largest absolute Gasteiger partial charge is 0.496 e. The molecule has 0 aliphatic rings. The van der Waals surface area contributed by atoms with Gasteiger partial charge in [-0.2, -0.15) is 0 Å². The molecule has 0 fully saturated rings. The smallest absolute Gasteiger partial charge is 0.228 e. The molecule has 4 heteroatoms. The van der Waals surface area contributed by atoms with E-state index in [1.807, 2.05) is 43.3 Å². The van der Waals surface area contributed by atoms with Gasteiger partial charge in [-0.1, -0.05) is 24.3 Å². The van der Waals surface area contributed by atoms with Gasteiger partial charge in [0.2, 0.25) is 5.91 Å². The van der Waals surface area contributed by atoms with Gasteiger partial charge in [-0.3, -0.25) is 4.79 Å². The number of nitrogens with two attached hydrogens (primary N) is 1. The lowest BCUT2D eigenvalue weighted by atomic mass is 10.1. The molecule has 104 valence electrons. The van der Waals surface area contributed by atoms with Crippen molar-refractivity contribution in [3.63, 3.8) is 0 Å². The van der Waals surface area contributed by atoms with Crippen LogP contribution in [-0.2, 0) is 11.2 Å². The van der Waals surface area contributed by atoms with E-state index in [9.17, 15) is 4.79 Å². The van der Waals surface area contributed by atoms with Crippen molar-refractivity contribution in [2.45, 2.75) is 13.3 Å². The maximum atomic E-state index is 12.1. The zero-order valence-electron chi connectivity index (χ0n) is 11.6. The predicted molar refractivity (Wildman–Crippen MR) is 80.9 cm³/mol. The Hall–Kier alpha value is -2.49. The van der Waals surface area contributed by atoms with E-state index in [4.69, 9.17) is 10.5 Å². The van der Waals surface area contributed by atoms with Crippen LogP contribution in [0.5, 0.6) is 5.75 Å². The Bertz CT molecular complexity index is 624. The first-order valence-corrected chi connectivity index (χ1v) is 6.38. The highest BCUT2D eigenvalue weighted by atomic mass is 16.5. The molecule has 0 atom stereocenters. The molecule has 0 saturated heterocycles. The van der Waals surface area contributed by atoms with Crippen molar-refractivity contribution in [1.82, 2.24) is 0 Å². The molecule has 4 nitrogen and oxygen atoms in total. The average molecular weight is 270 g/mol. The van der Waals surface area contributed by atoms with Gasteiger partial charge in [-0.15, -0.1) is 0 Å². The van der Waals surface area contributed by atoms with Gasteiger partial charge in [0.15, 0.2) is 0 Å².